The Hall–Kier alpha value is -4.42. The summed E-state index contributed by atoms with van der Waals surface area (Å²) in [6.45, 7) is 5.70. The van der Waals surface area contributed by atoms with Gasteiger partial charge in [0.15, 0.2) is 5.78 Å². The molecular weight excluding hydrogens is 526 g/mol. The highest BCUT2D eigenvalue weighted by Crippen LogP contribution is 2.19. The molecule has 13 heteroatoms. The van der Waals surface area contributed by atoms with Crippen LogP contribution in [-0.2, 0) is 44.8 Å². The first-order valence-corrected chi connectivity index (χ1v) is 12.8. The molecule has 0 radical (unpaired) electrons. The molecule has 0 bridgehead atoms. The molecule has 0 saturated heterocycles. The van der Waals surface area contributed by atoms with Crippen molar-refractivity contribution in [3.8, 4) is 0 Å². The molecule has 3 atom stereocenters. The summed E-state index contributed by atoms with van der Waals surface area (Å²) in [4.78, 5) is 73.5. The molecule has 1 aliphatic rings. The Balaban J connectivity index is 1.95. The number of carbonyl (C=O) groups is 6. The predicted molar refractivity (Wildman–Crippen MR) is 139 cm³/mol. The van der Waals surface area contributed by atoms with Gasteiger partial charge in [-0.05, 0) is 24.8 Å². The number of benzene rings is 1. The Morgan fingerprint density at radius 3 is 2.27 bits per heavy atom. The van der Waals surface area contributed by atoms with Gasteiger partial charge in [-0.25, -0.2) is 9.59 Å². The molecule has 1 aromatic rings. The minimum atomic E-state index is -1.46. The van der Waals surface area contributed by atoms with Gasteiger partial charge >= 0.3 is 18.0 Å². The molecule has 0 aromatic heterocycles. The number of hydrogen-bond donors (Lipinski definition) is 4. The van der Waals surface area contributed by atoms with Gasteiger partial charge in [0.1, 0.15) is 43.7 Å². The van der Waals surface area contributed by atoms with Crippen molar-refractivity contribution in [1.29, 1.82) is 0 Å². The van der Waals surface area contributed by atoms with Crippen molar-refractivity contribution in [1.82, 2.24) is 16.0 Å². The second kappa shape index (κ2) is 15.2. The van der Waals surface area contributed by atoms with Crippen LogP contribution in [0.1, 0.15) is 46.1 Å². The first kappa shape index (κ1) is 31.8. The number of carboxylic acids is 1. The van der Waals surface area contributed by atoms with Crippen LogP contribution in [0.5, 0.6) is 0 Å². The number of amides is 3. The van der Waals surface area contributed by atoms with Crippen molar-refractivity contribution in [2.75, 3.05) is 13.2 Å². The molecule has 1 aliphatic heterocycles. The second-order valence-electron chi connectivity index (χ2n) is 9.40. The smallest absolute Gasteiger partial charge is 0.408 e. The van der Waals surface area contributed by atoms with Crippen LogP contribution in [0.2, 0.25) is 0 Å². The lowest BCUT2D eigenvalue weighted by atomic mass is 10.0. The van der Waals surface area contributed by atoms with E-state index in [-0.39, 0.29) is 30.5 Å². The zero-order valence-corrected chi connectivity index (χ0v) is 22.9. The number of Topliss-reactive ketones (excluding diaryl/α,β-unsaturated/α-hetero) is 1. The zero-order chi connectivity index (χ0) is 29.8. The number of alkyl carbamates (subject to hydrolysis) is 1. The third-order valence-corrected chi connectivity index (χ3v) is 5.93. The quantitative estimate of drug-likeness (QED) is 0.227. The van der Waals surface area contributed by atoms with Crippen LogP contribution in [0.25, 0.3) is 0 Å². The van der Waals surface area contributed by atoms with Gasteiger partial charge in [0.25, 0.3) is 0 Å². The minimum absolute atomic E-state index is 0.000990. The van der Waals surface area contributed by atoms with E-state index in [0.717, 1.165) is 5.56 Å². The Morgan fingerprint density at radius 1 is 1.00 bits per heavy atom. The summed E-state index contributed by atoms with van der Waals surface area (Å²) in [6, 6.07) is 5.28. The van der Waals surface area contributed by atoms with Gasteiger partial charge in [-0.1, -0.05) is 51.1 Å². The van der Waals surface area contributed by atoms with Crippen molar-refractivity contribution in [3.05, 3.63) is 47.2 Å². The first-order valence-electron chi connectivity index (χ1n) is 12.8. The molecule has 218 valence electrons. The summed E-state index contributed by atoms with van der Waals surface area (Å²) in [6.07, 6.45) is -1.23. The van der Waals surface area contributed by atoms with Gasteiger partial charge < -0.3 is 35.3 Å². The number of carboxylic acid groups (broad SMARTS) is 1. The average Bonchev–Trinajstić information content (AvgIpc) is 3.27. The first-order chi connectivity index (χ1) is 18.9. The van der Waals surface area contributed by atoms with Crippen LogP contribution < -0.4 is 16.0 Å². The van der Waals surface area contributed by atoms with Crippen molar-refractivity contribution >= 4 is 35.6 Å². The molecule has 0 aliphatic carbocycles. The molecule has 13 nitrogen and oxygen atoms in total. The second-order valence-corrected chi connectivity index (χ2v) is 9.40. The van der Waals surface area contributed by atoms with Crippen molar-refractivity contribution in [3.63, 3.8) is 0 Å². The van der Waals surface area contributed by atoms with E-state index in [2.05, 4.69) is 16.0 Å². The van der Waals surface area contributed by atoms with Crippen LogP contribution in [0.3, 0.4) is 0 Å². The molecule has 0 saturated carbocycles. The normalized spacial score (nSPS) is 15.0. The number of esters is 1. The minimum Gasteiger partial charge on any atom is -0.486 e. The molecule has 0 fully saturated rings. The van der Waals surface area contributed by atoms with Gasteiger partial charge in [0.2, 0.25) is 11.8 Å². The number of aliphatic carboxylic acids is 1. The van der Waals surface area contributed by atoms with E-state index in [0.29, 0.717) is 6.42 Å². The monoisotopic (exact) mass is 561 g/mol. The van der Waals surface area contributed by atoms with E-state index in [1.54, 1.807) is 45.0 Å². The number of hydrogen-bond acceptors (Lipinski definition) is 9. The molecule has 3 amide bonds. The maximum Gasteiger partial charge on any atom is 0.408 e. The Labute approximate surface area is 231 Å². The lowest BCUT2D eigenvalue weighted by Gasteiger charge is -2.24. The van der Waals surface area contributed by atoms with Crippen LogP contribution in [-0.4, -0.2) is 72.1 Å². The highest BCUT2D eigenvalue weighted by Gasteiger charge is 2.31. The van der Waals surface area contributed by atoms with E-state index in [9.17, 15) is 33.9 Å². The summed E-state index contributed by atoms with van der Waals surface area (Å²) >= 11 is 0. The highest BCUT2D eigenvalue weighted by atomic mass is 16.6. The maximum absolute atomic E-state index is 12.9. The summed E-state index contributed by atoms with van der Waals surface area (Å²) in [5, 5.41) is 16.5. The van der Waals surface area contributed by atoms with Gasteiger partial charge in [0, 0.05) is 0 Å². The van der Waals surface area contributed by atoms with Crippen LogP contribution >= 0.6 is 0 Å². The lowest BCUT2D eigenvalue weighted by Crippen LogP contribution is -2.56. The van der Waals surface area contributed by atoms with Gasteiger partial charge in [-0.3, -0.25) is 19.2 Å². The Morgan fingerprint density at radius 2 is 1.68 bits per heavy atom. The van der Waals surface area contributed by atoms with Crippen LogP contribution in [0, 0.1) is 5.92 Å². The number of nitrogens with one attached hydrogen (secondary N) is 3. The summed E-state index contributed by atoms with van der Waals surface area (Å²) in [7, 11) is 0. The maximum atomic E-state index is 12.9. The van der Waals surface area contributed by atoms with Crippen molar-refractivity contribution in [2.24, 2.45) is 5.92 Å². The number of ketones is 1. The van der Waals surface area contributed by atoms with E-state index in [1.165, 1.54) is 6.92 Å². The molecule has 4 N–H and O–H groups in total. The standard InChI is InChI=1S/C27H35N3O10/c1-5-18-21(14-39-26(18)36)38-13-20(31)19(11-22(32)33)29-24(34)16(4)28-25(35)23(15(2)3)30-27(37)40-12-17-9-7-6-8-10-17/h6-10,15-16,19,23H,5,11-14H2,1-4H3,(H,28,35)(H,29,34)(H,30,37)(H,32,33)/t16-,19-,23-/m0/s1. The fourth-order valence-electron chi connectivity index (χ4n) is 3.66. The average molecular weight is 562 g/mol. The van der Waals surface area contributed by atoms with E-state index >= 15 is 0 Å². The Kier molecular flexibility index (Phi) is 12.1. The third-order valence-electron chi connectivity index (χ3n) is 5.93. The number of carbonyl (C=O) groups excluding carboxylic acids is 5. The number of cyclic esters (lactones) is 1. The topological polar surface area (TPSA) is 186 Å². The van der Waals surface area contributed by atoms with Crippen molar-refractivity contribution < 1.29 is 48.1 Å². The molecule has 1 heterocycles. The van der Waals surface area contributed by atoms with Crippen LogP contribution in [0.4, 0.5) is 4.79 Å². The molecule has 1 aromatic carbocycles. The summed E-state index contributed by atoms with van der Waals surface area (Å²) in [5.41, 5.74) is 1.04. The fourth-order valence-corrected chi connectivity index (χ4v) is 3.66. The highest BCUT2D eigenvalue weighted by molar-refractivity contribution is 5.96. The molecule has 0 spiro atoms. The molecular formula is C27H35N3O10. The van der Waals surface area contributed by atoms with Crippen LogP contribution in [0.15, 0.2) is 41.7 Å². The van der Waals surface area contributed by atoms with Gasteiger partial charge in [0.05, 0.1) is 12.0 Å². The lowest BCUT2D eigenvalue weighted by molar-refractivity contribution is -0.141. The number of rotatable bonds is 15. The summed E-state index contributed by atoms with van der Waals surface area (Å²) < 4.78 is 15.4. The predicted octanol–water partition coefficient (Wildman–Crippen LogP) is 1.21. The largest absolute Gasteiger partial charge is 0.486 e. The molecule has 40 heavy (non-hydrogen) atoms. The molecule has 0 unspecified atom stereocenters. The number of ether oxygens (including phenoxy) is 3. The van der Waals surface area contributed by atoms with Crippen molar-refractivity contribution in [2.45, 2.75) is 65.3 Å². The van der Waals surface area contributed by atoms with Gasteiger partial charge in [-0.2, -0.15) is 0 Å². The SMILES string of the molecule is CCC1=C(OCC(=O)[C@H](CC(=O)O)NC(=O)[C@H](C)NC(=O)[C@@H](NC(=O)OCc2ccccc2)C(C)C)COC1=O. The zero-order valence-electron chi connectivity index (χ0n) is 22.9. The summed E-state index contributed by atoms with van der Waals surface area (Å²) in [5.74, 6) is -4.34. The fraction of sp³-hybridized carbons (Fsp3) is 0.481. The molecule has 2 rings (SSSR count). The van der Waals surface area contributed by atoms with E-state index < -0.39 is 66.8 Å². The van der Waals surface area contributed by atoms with E-state index in [1.807, 2.05) is 6.07 Å². The third kappa shape index (κ3) is 9.71. The van der Waals surface area contributed by atoms with Gasteiger partial charge in [-0.15, -0.1) is 0 Å². The Bertz CT molecular complexity index is 1130. The van der Waals surface area contributed by atoms with E-state index in [4.69, 9.17) is 14.2 Å².